The van der Waals surface area contributed by atoms with Gasteiger partial charge in [0.1, 0.15) is 12.0 Å². The Balaban J connectivity index is 1.82. The van der Waals surface area contributed by atoms with Gasteiger partial charge in [0.2, 0.25) is 0 Å². The standard InChI is InChI=1S/C20H22N4O6/c1-11-9-21-18-16(17(11)30-5)19(26)24(20(27)23(18)2)10-15(25)22-12-6-7-13(28-3)14(8-12)29-4/h6-9,16H,10H2,1-5H3/p+1. The molecule has 0 bridgehead atoms. The Kier molecular flexibility index (Phi) is 5.86. The second-order valence-electron chi connectivity index (χ2n) is 6.68. The van der Waals surface area contributed by atoms with E-state index < -0.39 is 30.3 Å². The fraction of sp³-hybridized carbons (Fsp3) is 0.350. The molecule has 10 nitrogen and oxygen atoms in total. The number of ether oxygens (including phenoxy) is 3. The number of hydrogen-bond donors (Lipinski definition) is 1. The molecule has 0 radical (unpaired) electrons. The maximum atomic E-state index is 13.1. The number of allylic oxidation sites excluding steroid dienone is 1. The molecule has 1 unspecified atom stereocenters. The minimum Gasteiger partial charge on any atom is -0.499 e. The van der Waals surface area contributed by atoms with Crippen LogP contribution in [0.4, 0.5) is 10.5 Å². The summed E-state index contributed by atoms with van der Waals surface area (Å²) in [6, 6.07) is 4.21. The average Bonchev–Trinajstić information content (AvgIpc) is 2.74. The quantitative estimate of drug-likeness (QED) is 0.701. The molecule has 2 aliphatic rings. The Hall–Kier alpha value is -3.69. The number of anilines is 1. The smallest absolute Gasteiger partial charge is 0.446 e. The highest BCUT2D eigenvalue weighted by Crippen LogP contribution is 2.30. The van der Waals surface area contributed by atoms with Crippen molar-refractivity contribution in [3.8, 4) is 11.5 Å². The third-order valence-electron chi connectivity index (χ3n) is 4.86. The number of urea groups is 1. The first-order valence-corrected chi connectivity index (χ1v) is 9.09. The first-order valence-electron chi connectivity index (χ1n) is 9.09. The van der Waals surface area contributed by atoms with Gasteiger partial charge in [-0.3, -0.25) is 9.59 Å². The molecule has 3 rings (SSSR count). The van der Waals surface area contributed by atoms with Crippen molar-refractivity contribution in [1.82, 2.24) is 4.90 Å². The normalized spacial score (nSPS) is 18.4. The minimum absolute atomic E-state index is 0.268. The van der Waals surface area contributed by atoms with Gasteiger partial charge >= 0.3 is 11.9 Å². The van der Waals surface area contributed by atoms with Crippen LogP contribution in [-0.4, -0.2) is 74.3 Å². The van der Waals surface area contributed by atoms with E-state index in [9.17, 15) is 14.4 Å². The number of nitrogens with one attached hydrogen (secondary N) is 1. The second kappa shape index (κ2) is 8.36. The summed E-state index contributed by atoms with van der Waals surface area (Å²) in [7, 11) is 5.94. The number of carbonyl (C=O) groups is 3. The number of dihydropyridines is 1. The lowest BCUT2D eigenvalue weighted by molar-refractivity contribution is -0.408. The van der Waals surface area contributed by atoms with E-state index >= 15 is 0 Å². The van der Waals surface area contributed by atoms with E-state index in [-0.39, 0.29) is 5.84 Å². The van der Waals surface area contributed by atoms with E-state index in [0.29, 0.717) is 28.5 Å². The van der Waals surface area contributed by atoms with Crippen LogP contribution in [0.5, 0.6) is 11.5 Å². The molecule has 30 heavy (non-hydrogen) atoms. The number of amidine groups is 1. The topological polar surface area (TPSA) is 110 Å². The van der Waals surface area contributed by atoms with Crippen molar-refractivity contribution in [2.75, 3.05) is 40.2 Å². The molecule has 0 spiro atoms. The highest BCUT2D eigenvalue weighted by atomic mass is 16.5. The molecule has 0 saturated heterocycles. The van der Waals surface area contributed by atoms with Crippen molar-refractivity contribution in [2.24, 2.45) is 10.9 Å². The van der Waals surface area contributed by atoms with Gasteiger partial charge < -0.3 is 19.5 Å². The van der Waals surface area contributed by atoms with Crippen LogP contribution in [0.2, 0.25) is 0 Å². The van der Waals surface area contributed by atoms with Gasteiger partial charge in [-0.15, -0.1) is 4.99 Å². The molecule has 2 aliphatic heterocycles. The lowest BCUT2D eigenvalue weighted by Crippen LogP contribution is -2.56. The third-order valence-corrected chi connectivity index (χ3v) is 4.86. The Morgan fingerprint density at radius 2 is 1.87 bits per heavy atom. The molecular weight excluding hydrogens is 392 g/mol. The third kappa shape index (κ3) is 3.63. The van der Waals surface area contributed by atoms with E-state index in [1.807, 2.05) is 0 Å². The van der Waals surface area contributed by atoms with Gasteiger partial charge in [-0.1, -0.05) is 0 Å². The predicted octanol–water partition coefficient (Wildman–Crippen LogP) is 1.27. The van der Waals surface area contributed by atoms with E-state index in [1.165, 1.54) is 33.0 Å². The first kappa shape index (κ1) is 21.0. The number of carbonyl (C=O) groups excluding carboxylic acids is 3. The first-order chi connectivity index (χ1) is 14.3. The monoisotopic (exact) mass is 415 g/mol. The van der Waals surface area contributed by atoms with Crippen molar-refractivity contribution in [2.45, 2.75) is 6.92 Å². The van der Waals surface area contributed by atoms with Gasteiger partial charge in [-0.05, 0) is 19.1 Å². The zero-order valence-corrected chi connectivity index (χ0v) is 17.4. The number of aliphatic imine (C=N–C) groups is 1. The second-order valence-corrected chi connectivity index (χ2v) is 6.68. The molecule has 1 aromatic rings. The zero-order valence-electron chi connectivity index (χ0n) is 17.4. The average molecular weight is 415 g/mol. The fourth-order valence-corrected chi connectivity index (χ4v) is 3.36. The van der Waals surface area contributed by atoms with Gasteiger partial charge in [0, 0.05) is 17.3 Å². The molecule has 4 amide bonds. The number of imide groups is 1. The molecule has 1 N–H and O–H groups in total. The SMILES string of the molecule is COC1=C(C)C=NC2=[N+](C)C(=O)N(CC(=O)Nc3ccc(OC)c(OC)c3)C(=O)C12. The van der Waals surface area contributed by atoms with Crippen LogP contribution in [0, 0.1) is 5.92 Å². The van der Waals surface area contributed by atoms with E-state index in [0.717, 1.165) is 4.90 Å². The Morgan fingerprint density at radius 1 is 1.17 bits per heavy atom. The maximum absolute atomic E-state index is 13.1. The minimum atomic E-state index is -0.878. The molecular formula is C20H23N4O6+. The van der Waals surface area contributed by atoms with Crippen LogP contribution in [0.1, 0.15) is 6.92 Å². The summed E-state index contributed by atoms with van der Waals surface area (Å²) >= 11 is 0. The molecule has 1 aromatic carbocycles. The summed E-state index contributed by atoms with van der Waals surface area (Å²) in [6.07, 6.45) is 1.54. The molecule has 0 aromatic heterocycles. The van der Waals surface area contributed by atoms with Crippen molar-refractivity contribution in [3.05, 3.63) is 29.5 Å². The highest BCUT2D eigenvalue weighted by Gasteiger charge is 2.50. The largest absolute Gasteiger partial charge is 0.499 e. The maximum Gasteiger partial charge on any atom is 0.446 e. The predicted molar refractivity (Wildman–Crippen MR) is 108 cm³/mol. The van der Waals surface area contributed by atoms with Gasteiger partial charge in [0.25, 0.3) is 11.7 Å². The lowest BCUT2D eigenvalue weighted by atomic mass is 9.96. The van der Waals surface area contributed by atoms with Crippen molar-refractivity contribution in [1.29, 1.82) is 0 Å². The van der Waals surface area contributed by atoms with Crippen LogP contribution in [0.25, 0.3) is 0 Å². The van der Waals surface area contributed by atoms with Gasteiger partial charge in [-0.2, -0.15) is 9.48 Å². The van der Waals surface area contributed by atoms with Gasteiger partial charge in [-0.25, -0.2) is 4.79 Å². The molecule has 1 atom stereocenters. The van der Waals surface area contributed by atoms with Crippen molar-refractivity contribution < 1.29 is 33.2 Å². The summed E-state index contributed by atoms with van der Waals surface area (Å²) < 4.78 is 17.0. The molecule has 10 heteroatoms. The number of methoxy groups -OCH3 is 3. The summed E-state index contributed by atoms with van der Waals surface area (Å²) in [4.78, 5) is 43.4. The summed E-state index contributed by atoms with van der Waals surface area (Å²) in [5.41, 5.74) is 1.11. The number of amides is 4. The lowest BCUT2D eigenvalue weighted by Gasteiger charge is -2.28. The van der Waals surface area contributed by atoms with Crippen molar-refractivity contribution in [3.63, 3.8) is 0 Å². The summed E-state index contributed by atoms with van der Waals surface area (Å²) in [5.74, 6) is -0.378. The molecule has 0 aliphatic carbocycles. The zero-order chi connectivity index (χ0) is 22.0. The number of hydrogen-bond acceptors (Lipinski definition) is 7. The van der Waals surface area contributed by atoms with Crippen molar-refractivity contribution >= 4 is 35.6 Å². The van der Waals surface area contributed by atoms with Crippen LogP contribution in [0.3, 0.4) is 0 Å². The van der Waals surface area contributed by atoms with E-state index in [1.54, 1.807) is 31.3 Å². The Labute approximate surface area is 173 Å². The van der Waals surface area contributed by atoms with Crippen LogP contribution >= 0.6 is 0 Å². The molecule has 0 fully saturated rings. The number of fused-ring (bicyclic) bond motifs is 1. The summed E-state index contributed by atoms with van der Waals surface area (Å²) in [6.45, 7) is 1.30. The van der Waals surface area contributed by atoms with Gasteiger partial charge in [0.15, 0.2) is 24.0 Å². The van der Waals surface area contributed by atoms with Gasteiger partial charge in [0.05, 0.1) is 28.4 Å². The van der Waals surface area contributed by atoms with E-state index in [2.05, 4.69) is 10.3 Å². The molecule has 158 valence electrons. The van der Waals surface area contributed by atoms with E-state index in [4.69, 9.17) is 14.2 Å². The molecule has 0 saturated carbocycles. The Morgan fingerprint density at radius 3 is 2.50 bits per heavy atom. The number of rotatable bonds is 6. The van der Waals surface area contributed by atoms with Crippen LogP contribution < -0.4 is 14.8 Å². The Bertz CT molecular complexity index is 1010. The molecule has 2 heterocycles. The van der Waals surface area contributed by atoms with Crippen LogP contribution in [0.15, 0.2) is 34.5 Å². The summed E-state index contributed by atoms with van der Waals surface area (Å²) in [5, 5.41) is 2.66. The number of nitrogens with zero attached hydrogens (tertiary/aromatic N) is 3. The fourth-order valence-electron chi connectivity index (χ4n) is 3.36. The number of benzene rings is 1. The van der Waals surface area contributed by atoms with Crippen LogP contribution in [-0.2, 0) is 14.3 Å². The highest BCUT2D eigenvalue weighted by molar-refractivity contribution is 6.17.